The monoisotopic (exact) mass is 219 g/mol. The SMILES string of the molecule is COC(=O)c1ccc2cc(C=NO)oc2c1. The molecule has 0 unspecified atom stereocenters. The van der Waals surface area contributed by atoms with E-state index < -0.39 is 5.97 Å². The molecule has 0 spiro atoms. The van der Waals surface area contributed by atoms with Crippen molar-refractivity contribution in [1.29, 1.82) is 0 Å². The lowest BCUT2D eigenvalue weighted by Crippen LogP contribution is -1.99. The Hall–Kier alpha value is -2.30. The molecule has 0 aliphatic heterocycles. The van der Waals surface area contributed by atoms with Crippen LogP contribution in [0.2, 0.25) is 0 Å². The van der Waals surface area contributed by atoms with Crippen molar-refractivity contribution in [2.75, 3.05) is 7.11 Å². The largest absolute Gasteiger partial charge is 0.465 e. The maximum Gasteiger partial charge on any atom is 0.337 e. The molecule has 0 fully saturated rings. The molecular formula is C11H9NO4. The summed E-state index contributed by atoms with van der Waals surface area (Å²) in [6.07, 6.45) is 1.18. The summed E-state index contributed by atoms with van der Waals surface area (Å²) in [5.74, 6) is -0.00445. The average molecular weight is 219 g/mol. The van der Waals surface area contributed by atoms with Crippen molar-refractivity contribution in [3.8, 4) is 0 Å². The van der Waals surface area contributed by atoms with E-state index in [2.05, 4.69) is 9.89 Å². The van der Waals surface area contributed by atoms with E-state index in [4.69, 9.17) is 9.62 Å². The second-order valence-corrected chi connectivity index (χ2v) is 3.14. The standard InChI is InChI=1S/C11H9NO4/c1-15-11(13)8-3-2-7-4-9(6-12-14)16-10(7)5-8/h2-6,14H,1H3. The zero-order valence-electron chi connectivity index (χ0n) is 8.51. The molecule has 0 amide bonds. The van der Waals surface area contributed by atoms with Gasteiger partial charge in [-0.15, -0.1) is 0 Å². The molecule has 1 aromatic carbocycles. The first-order valence-electron chi connectivity index (χ1n) is 4.54. The summed E-state index contributed by atoms with van der Waals surface area (Å²) < 4.78 is 9.92. The zero-order valence-corrected chi connectivity index (χ0v) is 8.51. The number of benzene rings is 1. The molecule has 0 aliphatic carbocycles. The van der Waals surface area contributed by atoms with Crippen LogP contribution in [-0.2, 0) is 4.74 Å². The highest BCUT2D eigenvalue weighted by Crippen LogP contribution is 2.20. The van der Waals surface area contributed by atoms with Crippen LogP contribution in [0.5, 0.6) is 0 Å². The Labute approximate surface area is 90.9 Å². The van der Waals surface area contributed by atoms with Crippen LogP contribution in [0.3, 0.4) is 0 Å². The minimum Gasteiger partial charge on any atom is -0.465 e. The van der Waals surface area contributed by atoms with Crippen LogP contribution >= 0.6 is 0 Å². The second kappa shape index (κ2) is 4.06. The van der Waals surface area contributed by atoms with Crippen molar-refractivity contribution in [3.63, 3.8) is 0 Å². The first-order valence-corrected chi connectivity index (χ1v) is 4.54. The predicted octanol–water partition coefficient (Wildman–Crippen LogP) is 2.03. The highest BCUT2D eigenvalue weighted by molar-refractivity contribution is 5.95. The fourth-order valence-corrected chi connectivity index (χ4v) is 1.42. The number of carbonyl (C=O) groups is 1. The Morgan fingerprint density at radius 3 is 3.00 bits per heavy atom. The molecule has 5 heteroatoms. The molecule has 1 heterocycles. The van der Waals surface area contributed by atoms with Gasteiger partial charge in [-0.3, -0.25) is 0 Å². The fraction of sp³-hybridized carbons (Fsp3) is 0.0909. The van der Waals surface area contributed by atoms with Gasteiger partial charge in [-0.05, 0) is 18.2 Å². The first-order chi connectivity index (χ1) is 7.74. The van der Waals surface area contributed by atoms with Gasteiger partial charge in [-0.1, -0.05) is 11.2 Å². The lowest BCUT2D eigenvalue weighted by molar-refractivity contribution is 0.0601. The van der Waals surface area contributed by atoms with Crippen LogP contribution in [0.1, 0.15) is 16.1 Å². The molecular weight excluding hydrogens is 210 g/mol. The van der Waals surface area contributed by atoms with E-state index in [1.54, 1.807) is 24.3 Å². The number of esters is 1. The van der Waals surface area contributed by atoms with Crippen LogP contribution in [-0.4, -0.2) is 24.5 Å². The van der Waals surface area contributed by atoms with Crippen molar-refractivity contribution in [3.05, 3.63) is 35.6 Å². The number of methoxy groups -OCH3 is 1. The number of carbonyl (C=O) groups excluding carboxylic acids is 1. The van der Waals surface area contributed by atoms with E-state index >= 15 is 0 Å². The Kier molecular flexibility index (Phi) is 2.59. The predicted molar refractivity (Wildman–Crippen MR) is 56.9 cm³/mol. The van der Waals surface area contributed by atoms with Gasteiger partial charge in [0, 0.05) is 5.39 Å². The average Bonchev–Trinajstić information content (AvgIpc) is 2.69. The van der Waals surface area contributed by atoms with Gasteiger partial charge in [0.25, 0.3) is 0 Å². The lowest BCUT2D eigenvalue weighted by Gasteiger charge is -1.97. The molecule has 0 saturated carbocycles. The summed E-state index contributed by atoms with van der Waals surface area (Å²) >= 11 is 0. The van der Waals surface area contributed by atoms with Crippen LogP contribution < -0.4 is 0 Å². The molecule has 1 N–H and O–H groups in total. The van der Waals surface area contributed by atoms with Crippen molar-refractivity contribution in [1.82, 2.24) is 0 Å². The van der Waals surface area contributed by atoms with Gasteiger partial charge in [0.2, 0.25) is 0 Å². The number of ether oxygens (including phenoxy) is 1. The van der Waals surface area contributed by atoms with Crippen LogP contribution in [0.25, 0.3) is 11.0 Å². The first kappa shape index (κ1) is 10.2. The molecule has 0 saturated heterocycles. The quantitative estimate of drug-likeness (QED) is 0.363. The van der Waals surface area contributed by atoms with E-state index in [0.717, 1.165) is 5.39 Å². The maximum absolute atomic E-state index is 11.3. The summed E-state index contributed by atoms with van der Waals surface area (Å²) in [5.41, 5.74) is 0.953. The minimum atomic E-state index is -0.421. The van der Waals surface area contributed by atoms with Gasteiger partial charge in [-0.2, -0.15) is 0 Å². The molecule has 0 aliphatic rings. The number of fused-ring (bicyclic) bond motifs is 1. The van der Waals surface area contributed by atoms with Gasteiger partial charge in [0.15, 0.2) is 0 Å². The minimum absolute atomic E-state index is 0.414. The van der Waals surface area contributed by atoms with Crippen molar-refractivity contribution in [2.24, 2.45) is 5.16 Å². The van der Waals surface area contributed by atoms with Gasteiger partial charge < -0.3 is 14.4 Å². The Bertz CT molecular complexity index is 556. The molecule has 16 heavy (non-hydrogen) atoms. The summed E-state index contributed by atoms with van der Waals surface area (Å²) in [5, 5.41) is 12.0. The molecule has 5 nitrogen and oxygen atoms in total. The van der Waals surface area contributed by atoms with E-state index in [-0.39, 0.29) is 0 Å². The van der Waals surface area contributed by atoms with Crippen LogP contribution in [0, 0.1) is 0 Å². The number of hydrogen-bond acceptors (Lipinski definition) is 5. The number of oxime groups is 1. The highest BCUT2D eigenvalue weighted by Gasteiger charge is 2.08. The fourth-order valence-electron chi connectivity index (χ4n) is 1.42. The summed E-state index contributed by atoms with van der Waals surface area (Å²) in [6.45, 7) is 0. The Morgan fingerprint density at radius 2 is 2.31 bits per heavy atom. The Balaban J connectivity index is 2.49. The molecule has 0 bridgehead atoms. The zero-order chi connectivity index (χ0) is 11.5. The van der Waals surface area contributed by atoms with Crippen molar-refractivity contribution in [2.45, 2.75) is 0 Å². The van der Waals surface area contributed by atoms with E-state index in [1.165, 1.54) is 13.3 Å². The lowest BCUT2D eigenvalue weighted by atomic mass is 10.2. The molecule has 0 atom stereocenters. The van der Waals surface area contributed by atoms with Crippen LogP contribution in [0.4, 0.5) is 0 Å². The molecule has 2 rings (SSSR count). The third-order valence-electron chi connectivity index (χ3n) is 2.15. The molecule has 2 aromatic rings. The summed E-state index contributed by atoms with van der Waals surface area (Å²) in [4.78, 5) is 11.3. The number of furan rings is 1. The number of nitrogens with zero attached hydrogens (tertiary/aromatic N) is 1. The Morgan fingerprint density at radius 1 is 1.50 bits per heavy atom. The van der Waals surface area contributed by atoms with Gasteiger partial charge >= 0.3 is 5.97 Å². The van der Waals surface area contributed by atoms with Gasteiger partial charge in [-0.25, -0.2) is 4.79 Å². The van der Waals surface area contributed by atoms with E-state index in [1.807, 2.05) is 0 Å². The van der Waals surface area contributed by atoms with Gasteiger partial charge in [0.05, 0.1) is 12.7 Å². The smallest absolute Gasteiger partial charge is 0.337 e. The van der Waals surface area contributed by atoms with Crippen molar-refractivity contribution >= 4 is 23.2 Å². The summed E-state index contributed by atoms with van der Waals surface area (Å²) in [6, 6.07) is 6.66. The third kappa shape index (κ3) is 1.75. The summed E-state index contributed by atoms with van der Waals surface area (Å²) in [7, 11) is 1.32. The van der Waals surface area contributed by atoms with E-state index in [9.17, 15) is 4.79 Å². The van der Waals surface area contributed by atoms with Crippen molar-refractivity contribution < 1.29 is 19.2 Å². The molecule has 82 valence electrons. The van der Waals surface area contributed by atoms with E-state index in [0.29, 0.717) is 16.9 Å². The number of hydrogen-bond donors (Lipinski definition) is 1. The van der Waals surface area contributed by atoms with Gasteiger partial charge in [0.1, 0.15) is 17.6 Å². The second-order valence-electron chi connectivity index (χ2n) is 3.14. The number of rotatable bonds is 2. The normalized spacial score (nSPS) is 11.1. The highest BCUT2D eigenvalue weighted by atomic mass is 16.5. The maximum atomic E-state index is 11.3. The topological polar surface area (TPSA) is 72.0 Å². The molecule has 1 aromatic heterocycles. The molecule has 0 radical (unpaired) electrons. The third-order valence-corrected chi connectivity index (χ3v) is 2.15. The van der Waals surface area contributed by atoms with Crippen LogP contribution in [0.15, 0.2) is 33.8 Å².